The minimum atomic E-state index is -0.371. The molecule has 0 unspecified atom stereocenters. The zero-order valence-electron chi connectivity index (χ0n) is 15.6. The molecule has 3 aromatic rings. The Kier molecular flexibility index (Phi) is 6.71. The molecular weight excluding hydrogens is 392 g/mol. The van der Waals surface area contributed by atoms with Gasteiger partial charge in [0.25, 0.3) is 11.8 Å². The molecule has 148 valence electrons. The SMILES string of the molecule is COc1ccc(Cl)cc1NC(=O)COc1cccc(NC(=O)c2ccccc2)c1. The number of hydrogen-bond acceptors (Lipinski definition) is 4. The maximum atomic E-state index is 12.2. The van der Waals surface area contributed by atoms with Crippen LogP contribution in [-0.4, -0.2) is 25.5 Å². The predicted molar refractivity (Wildman–Crippen MR) is 113 cm³/mol. The number of nitrogens with one attached hydrogen (secondary N) is 2. The Morgan fingerprint density at radius 1 is 0.931 bits per heavy atom. The molecule has 0 spiro atoms. The van der Waals surface area contributed by atoms with E-state index < -0.39 is 0 Å². The van der Waals surface area contributed by atoms with Crippen molar-refractivity contribution in [2.75, 3.05) is 24.4 Å². The van der Waals surface area contributed by atoms with E-state index in [0.717, 1.165) is 0 Å². The number of halogens is 1. The van der Waals surface area contributed by atoms with Crippen molar-refractivity contribution in [2.45, 2.75) is 0 Å². The fourth-order valence-electron chi connectivity index (χ4n) is 2.57. The van der Waals surface area contributed by atoms with Crippen LogP contribution in [0.1, 0.15) is 10.4 Å². The number of rotatable bonds is 7. The Morgan fingerprint density at radius 2 is 1.72 bits per heavy atom. The van der Waals surface area contributed by atoms with Gasteiger partial charge >= 0.3 is 0 Å². The van der Waals surface area contributed by atoms with E-state index in [-0.39, 0.29) is 18.4 Å². The van der Waals surface area contributed by atoms with E-state index in [2.05, 4.69) is 10.6 Å². The smallest absolute Gasteiger partial charge is 0.262 e. The molecule has 2 amide bonds. The molecule has 3 rings (SSSR count). The van der Waals surface area contributed by atoms with Gasteiger partial charge in [-0.15, -0.1) is 0 Å². The fourth-order valence-corrected chi connectivity index (χ4v) is 2.74. The second-order valence-corrected chi connectivity index (χ2v) is 6.47. The van der Waals surface area contributed by atoms with Gasteiger partial charge in [0.1, 0.15) is 11.5 Å². The number of benzene rings is 3. The third kappa shape index (κ3) is 5.73. The van der Waals surface area contributed by atoms with Crippen LogP contribution in [0.15, 0.2) is 72.8 Å². The number of ether oxygens (including phenoxy) is 2. The minimum Gasteiger partial charge on any atom is -0.495 e. The van der Waals surface area contributed by atoms with Crippen LogP contribution in [0.25, 0.3) is 0 Å². The molecule has 29 heavy (non-hydrogen) atoms. The Morgan fingerprint density at radius 3 is 2.48 bits per heavy atom. The van der Waals surface area contributed by atoms with Gasteiger partial charge in [-0.05, 0) is 42.5 Å². The van der Waals surface area contributed by atoms with Gasteiger partial charge in [-0.2, -0.15) is 0 Å². The second-order valence-electron chi connectivity index (χ2n) is 6.03. The van der Waals surface area contributed by atoms with Crippen molar-refractivity contribution in [3.63, 3.8) is 0 Å². The summed E-state index contributed by atoms with van der Waals surface area (Å²) in [5.74, 6) is 0.343. The second kappa shape index (κ2) is 9.61. The summed E-state index contributed by atoms with van der Waals surface area (Å²) in [4.78, 5) is 24.5. The lowest BCUT2D eigenvalue weighted by Gasteiger charge is -2.12. The highest BCUT2D eigenvalue weighted by molar-refractivity contribution is 6.31. The molecule has 0 aliphatic carbocycles. The summed E-state index contributed by atoms with van der Waals surface area (Å²) in [5.41, 5.74) is 1.57. The van der Waals surface area contributed by atoms with E-state index in [1.807, 2.05) is 6.07 Å². The van der Waals surface area contributed by atoms with Gasteiger partial charge in [-0.3, -0.25) is 9.59 Å². The molecule has 0 aromatic heterocycles. The maximum Gasteiger partial charge on any atom is 0.262 e. The quantitative estimate of drug-likeness (QED) is 0.596. The highest BCUT2D eigenvalue weighted by Crippen LogP contribution is 2.27. The van der Waals surface area contributed by atoms with Crippen molar-refractivity contribution in [3.8, 4) is 11.5 Å². The number of carbonyl (C=O) groups excluding carboxylic acids is 2. The van der Waals surface area contributed by atoms with Crippen molar-refractivity contribution < 1.29 is 19.1 Å². The molecule has 0 fully saturated rings. The van der Waals surface area contributed by atoms with Crippen LogP contribution in [0, 0.1) is 0 Å². The predicted octanol–water partition coefficient (Wildman–Crippen LogP) is 4.62. The molecule has 0 heterocycles. The lowest BCUT2D eigenvalue weighted by molar-refractivity contribution is -0.118. The van der Waals surface area contributed by atoms with Crippen LogP contribution in [0.4, 0.5) is 11.4 Å². The van der Waals surface area contributed by atoms with Crippen molar-refractivity contribution >= 4 is 34.8 Å². The van der Waals surface area contributed by atoms with Gasteiger partial charge < -0.3 is 20.1 Å². The number of methoxy groups -OCH3 is 1. The summed E-state index contributed by atoms with van der Waals surface area (Å²) in [6, 6.07) is 20.6. The summed E-state index contributed by atoms with van der Waals surface area (Å²) in [5, 5.41) is 5.97. The monoisotopic (exact) mass is 410 g/mol. The molecule has 0 aliphatic heterocycles. The first-order valence-corrected chi connectivity index (χ1v) is 9.15. The Balaban J connectivity index is 1.58. The van der Waals surface area contributed by atoms with Gasteiger partial charge in [0, 0.05) is 22.3 Å². The summed E-state index contributed by atoms with van der Waals surface area (Å²) >= 11 is 5.96. The van der Waals surface area contributed by atoms with E-state index in [9.17, 15) is 9.59 Å². The lowest BCUT2D eigenvalue weighted by atomic mass is 10.2. The maximum absolute atomic E-state index is 12.2. The van der Waals surface area contributed by atoms with Gasteiger partial charge in [0.15, 0.2) is 6.61 Å². The van der Waals surface area contributed by atoms with Crippen molar-refractivity contribution in [1.82, 2.24) is 0 Å². The highest BCUT2D eigenvalue weighted by atomic mass is 35.5. The average molecular weight is 411 g/mol. The van der Waals surface area contributed by atoms with Crippen molar-refractivity contribution in [2.24, 2.45) is 0 Å². The third-order valence-electron chi connectivity index (χ3n) is 3.93. The van der Waals surface area contributed by atoms with E-state index in [4.69, 9.17) is 21.1 Å². The molecule has 0 radical (unpaired) electrons. The zero-order chi connectivity index (χ0) is 20.6. The summed E-state index contributed by atoms with van der Waals surface area (Å²) < 4.78 is 10.7. The van der Waals surface area contributed by atoms with E-state index in [1.54, 1.807) is 66.7 Å². The number of carbonyl (C=O) groups is 2. The fraction of sp³-hybridized carbons (Fsp3) is 0.0909. The molecule has 0 saturated carbocycles. The van der Waals surface area contributed by atoms with Crippen LogP contribution < -0.4 is 20.1 Å². The first-order valence-electron chi connectivity index (χ1n) is 8.78. The molecule has 7 heteroatoms. The van der Waals surface area contributed by atoms with Crippen molar-refractivity contribution in [1.29, 1.82) is 0 Å². The molecular formula is C22H19ClN2O4. The summed E-state index contributed by atoms with van der Waals surface area (Å²) in [7, 11) is 1.50. The Bertz CT molecular complexity index is 1010. The topological polar surface area (TPSA) is 76.7 Å². The van der Waals surface area contributed by atoms with E-state index >= 15 is 0 Å². The summed E-state index contributed by atoms with van der Waals surface area (Å²) in [6.45, 7) is -0.217. The van der Waals surface area contributed by atoms with Crippen LogP contribution in [-0.2, 0) is 4.79 Å². The van der Waals surface area contributed by atoms with Crippen LogP contribution in [0.3, 0.4) is 0 Å². The van der Waals surface area contributed by atoms with E-state index in [1.165, 1.54) is 7.11 Å². The number of hydrogen-bond donors (Lipinski definition) is 2. The number of anilines is 2. The first kappa shape index (κ1) is 20.2. The van der Waals surface area contributed by atoms with Gasteiger partial charge in [-0.1, -0.05) is 35.9 Å². The normalized spacial score (nSPS) is 10.1. The van der Waals surface area contributed by atoms with Crippen molar-refractivity contribution in [3.05, 3.63) is 83.4 Å². The first-order chi connectivity index (χ1) is 14.0. The van der Waals surface area contributed by atoms with Gasteiger partial charge in [0.05, 0.1) is 12.8 Å². The van der Waals surface area contributed by atoms with Crippen LogP contribution in [0.5, 0.6) is 11.5 Å². The molecule has 0 atom stereocenters. The molecule has 0 saturated heterocycles. The molecule has 3 aromatic carbocycles. The summed E-state index contributed by atoms with van der Waals surface area (Å²) in [6.07, 6.45) is 0. The average Bonchev–Trinajstić information content (AvgIpc) is 2.73. The molecule has 2 N–H and O–H groups in total. The highest BCUT2D eigenvalue weighted by Gasteiger charge is 2.10. The standard InChI is InChI=1S/C22H19ClN2O4/c1-28-20-11-10-16(23)12-19(20)25-21(26)14-29-18-9-5-8-17(13-18)24-22(27)15-6-3-2-4-7-15/h2-13H,14H2,1H3,(H,24,27)(H,25,26). The Hall–Kier alpha value is -3.51. The van der Waals surface area contributed by atoms with Gasteiger partial charge in [-0.25, -0.2) is 0 Å². The Labute approximate surface area is 173 Å². The molecule has 6 nitrogen and oxygen atoms in total. The largest absolute Gasteiger partial charge is 0.495 e. The molecule has 0 aliphatic rings. The molecule has 0 bridgehead atoms. The third-order valence-corrected chi connectivity index (χ3v) is 4.17. The lowest BCUT2D eigenvalue weighted by Crippen LogP contribution is -2.20. The number of amides is 2. The minimum absolute atomic E-state index is 0.217. The zero-order valence-corrected chi connectivity index (χ0v) is 16.4. The van der Waals surface area contributed by atoms with Crippen LogP contribution >= 0.6 is 11.6 Å². The van der Waals surface area contributed by atoms with E-state index in [0.29, 0.717) is 33.5 Å². The van der Waals surface area contributed by atoms with Gasteiger partial charge in [0.2, 0.25) is 0 Å². The van der Waals surface area contributed by atoms with Crippen LogP contribution in [0.2, 0.25) is 5.02 Å².